The fourth-order valence-corrected chi connectivity index (χ4v) is 4.43. The summed E-state index contributed by atoms with van der Waals surface area (Å²) in [5, 5.41) is 0. The highest BCUT2D eigenvalue weighted by molar-refractivity contribution is 9.10. The van der Waals surface area contributed by atoms with Gasteiger partial charge in [-0.1, -0.05) is 34.1 Å². The maximum atomic E-state index is 12.4. The van der Waals surface area contributed by atoms with Gasteiger partial charge in [0.15, 0.2) is 0 Å². The minimum Gasteiger partial charge on any atom is -0.494 e. The van der Waals surface area contributed by atoms with Crippen molar-refractivity contribution in [1.29, 1.82) is 0 Å². The standard InChI is InChI=1S/C21H21BrClNO2/c22-15-4-2-14(3-5-15)19-13-24-20(8-9-21(24)25)17-7-6-16(12-18(17)19)26-11-1-10-23/h2-7,12,19-20H,1,8-11,13H2/t19-,20+/m1/s1. The van der Waals surface area contributed by atoms with Crippen LogP contribution in [0.2, 0.25) is 0 Å². The summed E-state index contributed by atoms with van der Waals surface area (Å²) in [5.41, 5.74) is 3.77. The average molecular weight is 435 g/mol. The molecule has 2 aliphatic rings. The van der Waals surface area contributed by atoms with Crippen LogP contribution in [0.5, 0.6) is 5.75 Å². The van der Waals surface area contributed by atoms with Crippen molar-refractivity contribution in [2.24, 2.45) is 0 Å². The van der Waals surface area contributed by atoms with Gasteiger partial charge < -0.3 is 9.64 Å². The Kier molecular flexibility index (Phi) is 5.23. The second kappa shape index (κ2) is 7.61. The molecule has 0 aromatic heterocycles. The molecular formula is C21H21BrClNO2. The van der Waals surface area contributed by atoms with Crippen LogP contribution >= 0.6 is 27.5 Å². The van der Waals surface area contributed by atoms with E-state index in [-0.39, 0.29) is 17.9 Å². The summed E-state index contributed by atoms with van der Waals surface area (Å²) in [4.78, 5) is 14.4. The minimum atomic E-state index is 0.174. The van der Waals surface area contributed by atoms with Gasteiger partial charge in [0, 0.05) is 29.2 Å². The molecule has 0 radical (unpaired) electrons. The molecule has 2 aromatic carbocycles. The minimum absolute atomic E-state index is 0.174. The van der Waals surface area contributed by atoms with Crippen molar-refractivity contribution >= 4 is 33.4 Å². The van der Waals surface area contributed by atoms with Gasteiger partial charge in [-0.2, -0.15) is 0 Å². The Morgan fingerprint density at radius 2 is 1.96 bits per heavy atom. The molecule has 2 aromatic rings. The van der Waals surface area contributed by atoms with Crippen LogP contribution in [0, 0.1) is 0 Å². The van der Waals surface area contributed by atoms with Crippen LogP contribution in [0.1, 0.15) is 47.9 Å². The predicted molar refractivity (Wildman–Crippen MR) is 107 cm³/mol. The quantitative estimate of drug-likeness (QED) is 0.474. The molecule has 0 unspecified atom stereocenters. The van der Waals surface area contributed by atoms with Gasteiger partial charge in [-0.25, -0.2) is 0 Å². The van der Waals surface area contributed by atoms with E-state index >= 15 is 0 Å². The number of halogens is 2. The number of nitrogens with zero attached hydrogens (tertiary/aromatic N) is 1. The fourth-order valence-electron chi connectivity index (χ4n) is 4.05. The number of carbonyl (C=O) groups is 1. The molecule has 5 heteroatoms. The van der Waals surface area contributed by atoms with E-state index in [1.807, 2.05) is 6.07 Å². The second-order valence-electron chi connectivity index (χ2n) is 6.89. The molecule has 3 nitrogen and oxygen atoms in total. The van der Waals surface area contributed by atoms with Gasteiger partial charge in [-0.05, 0) is 53.8 Å². The molecule has 26 heavy (non-hydrogen) atoms. The highest BCUT2D eigenvalue weighted by atomic mass is 79.9. The van der Waals surface area contributed by atoms with Gasteiger partial charge in [-0.15, -0.1) is 11.6 Å². The molecule has 0 N–H and O–H groups in total. The summed E-state index contributed by atoms with van der Waals surface area (Å²) in [7, 11) is 0. The lowest BCUT2D eigenvalue weighted by molar-refractivity contribution is -0.129. The summed E-state index contributed by atoms with van der Waals surface area (Å²) in [6.45, 7) is 1.36. The fraction of sp³-hybridized carbons (Fsp3) is 0.381. The molecule has 136 valence electrons. The van der Waals surface area contributed by atoms with Crippen molar-refractivity contribution in [2.75, 3.05) is 19.0 Å². The number of amides is 1. The van der Waals surface area contributed by atoms with Crippen molar-refractivity contribution in [3.63, 3.8) is 0 Å². The molecule has 0 bridgehead atoms. The van der Waals surface area contributed by atoms with Gasteiger partial charge in [-0.3, -0.25) is 4.79 Å². The summed E-state index contributed by atoms with van der Waals surface area (Å²) in [5.74, 6) is 1.93. The average Bonchev–Trinajstić information content (AvgIpc) is 3.03. The van der Waals surface area contributed by atoms with Crippen LogP contribution in [0.3, 0.4) is 0 Å². The Morgan fingerprint density at radius 1 is 1.15 bits per heavy atom. The van der Waals surface area contributed by atoms with Crippen LogP contribution in [-0.2, 0) is 4.79 Å². The molecule has 2 heterocycles. The summed E-state index contributed by atoms with van der Waals surface area (Å²) in [6, 6.07) is 14.9. The molecule has 0 spiro atoms. The van der Waals surface area contributed by atoms with Crippen LogP contribution in [-0.4, -0.2) is 29.8 Å². The van der Waals surface area contributed by atoms with Gasteiger partial charge in [0.05, 0.1) is 12.6 Å². The van der Waals surface area contributed by atoms with E-state index < -0.39 is 0 Å². The zero-order chi connectivity index (χ0) is 18.1. The maximum Gasteiger partial charge on any atom is 0.223 e. The largest absolute Gasteiger partial charge is 0.494 e. The Balaban J connectivity index is 1.72. The number of benzene rings is 2. The zero-order valence-electron chi connectivity index (χ0n) is 14.5. The number of fused-ring (bicyclic) bond motifs is 3. The normalized spacial score (nSPS) is 21.5. The molecule has 2 aliphatic heterocycles. The van der Waals surface area contributed by atoms with E-state index in [2.05, 4.69) is 57.2 Å². The van der Waals surface area contributed by atoms with E-state index in [0.717, 1.165) is 29.6 Å². The van der Waals surface area contributed by atoms with E-state index in [1.165, 1.54) is 16.7 Å². The van der Waals surface area contributed by atoms with E-state index in [1.54, 1.807) is 0 Å². The van der Waals surface area contributed by atoms with Crippen LogP contribution in [0.4, 0.5) is 0 Å². The van der Waals surface area contributed by atoms with Gasteiger partial charge >= 0.3 is 0 Å². The number of hydrogen-bond acceptors (Lipinski definition) is 2. The van der Waals surface area contributed by atoms with Gasteiger partial charge in [0.25, 0.3) is 0 Å². The van der Waals surface area contributed by atoms with E-state index in [4.69, 9.17) is 16.3 Å². The number of alkyl halides is 1. The Hall–Kier alpha value is -1.52. The first-order valence-electron chi connectivity index (χ1n) is 9.05. The molecule has 1 saturated heterocycles. The predicted octanol–water partition coefficient (Wildman–Crippen LogP) is 5.27. The van der Waals surface area contributed by atoms with Crippen molar-refractivity contribution in [2.45, 2.75) is 31.2 Å². The third-order valence-electron chi connectivity index (χ3n) is 5.32. The molecule has 0 aliphatic carbocycles. The number of hydrogen-bond donors (Lipinski definition) is 0. The van der Waals surface area contributed by atoms with Crippen molar-refractivity contribution in [3.8, 4) is 5.75 Å². The third-order valence-corrected chi connectivity index (χ3v) is 6.12. The number of carbonyl (C=O) groups excluding carboxylic acids is 1. The maximum absolute atomic E-state index is 12.4. The Bertz CT molecular complexity index is 808. The first kappa shape index (κ1) is 17.9. The zero-order valence-corrected chi connectivity index (χ0v) is 16.8. The van der Waals surface area contributed by atoms with Crippen LogP contribution < -0.4 is 4.74 Å². The lowest BCUT2D eigenvalue weighted by atomic mass is 9.81. The molecule has 1 fully saturated rings. The monoisotopic (exact) mass is 433 g/mol. The van der Waals surface area contributed by atoms with E-state index in [9.17, 15) is 4.79 Å². The summed E-state index contributed by atoms with van der Waals surface area (Å²) >= 11 is 9.26. The first-order valence-corrected chi connectivity index (χ1v) is 10.4. The van der Waals surface area contributed by atoms with Crippen molar-refractivity contribution in [3.05, 3.63) is 63.6 Å². The SMILES string of the molecule is O=C1CC[C@H]2c3ccc(OCCCCl)cc3[C@@H](c3ccc(Br)cc3)CN12. The van der Waals surface area contributed by atoms with Gasteiger partial charge in [0.2, 0.25) is 5.91 Å². The second-order valence-corrected chi connectivity index (χ2v) is 8.18. The highest BCUT2D eigenvalue weighted by Crippen LogP contribution is 2.45. The molecule has 1 amide bonds. The van der Waals surface area contributed by atoms with E-state index in [0.29, 0.717) is 18.9 Å². The molecule has 0 saturated carbocycles. The smallest absolute Gasteiger partial charge is 0.223 e. The number of ether oxygens (including phenoxy) is 1. The Morgan fingerprint density at radius 3 is 2.73 bits per heavy atom. The van der Waals surface area contributed by atoms with Gasteiger partial charge in [0.1, 0.15) is 5.75 Å². The molecule has 4 rings (SSSR count). The number of rotatable bonds is 5. The van der Waals surface area contributed by atoms with Crippen molar-refractivity contribution in [1.82, 2.24) is 4.90 Å². The highest BCUT2D eigenvalue weighted by Gasteiger charge is 2.40. The third kappa shape index (κ3) is 3.37. The summed E-state index contributed by atoms with van der Waals surface area (Å²) < 4.78 is 6.94. The molecule has 2 atom stereocenters. The summed E-state index contributed by atoms with van der Waals surface area (Å²) in [6.07, 6.45) is 2.39. The topological polar surface area (TPSA) is 29.5 Å². The Labute approximate surface area is 167 Å². The van der Waals surface area contributed by atoms with Crippen LogP contribution in [0.25, 0.3) is 0 Å². The lowest BCUT2D eigenvalue weighted by Crippen LogP contribution is -2.37. The van der Waals surface area contributed by atoms with Crippen LogP contribution in [0.15, 0.2) is 46.9 Å². The first-order chi connectivity index (χ1) is 12.7. The lowest BCUT2D eigenvalue weighted by Gasteiger charge is -2.38. The molecular weight excluding hydrogens is 414 g/mol. The van der Waals surface area contributed by atoms with Crippen molar-refractivity contribution < 1.29 is 9.53 Å².